The van der Waals surface area contributed by atoms with Gasteiger partial charge in [0.2, 0.25) is 5.91 Å². The maximum absolute atomic E-state index is 12.9. The lowest BCUT2D eigenvalue weighted by Gasteiger charge is -2.35. The van der Waals surface area contributed by atoms with Gasteiger partial charge in [-0.1, -0.05) is 19.3 Å². The van der Waals surface area contributed by atoms with E-state index in [0.717, 1.165) is 49.8 Å². The highest BCUT2D eigenvalue weighted by molar-refractivity contribution is 5.88. The van der Waals surface area contributed by atoms with E-state index < -0.39 is 23.2 Å². The number of rotatable bonds is 5. The Hall–Kier alpha value is -2.58. The summed E-state index contributed by atoms with van der Waals surface area (Å²) in [5.41, 5.74) is 0.276. The fourth-order valence-electron chi connectivity index (χ4n) is 4.55. The monoisotopic (exact) mass is 434 g/mol. The zero-order valence-electron chi connectivity index (χ0n) is 19.0. The number of fused-ring (bicyclic) bond motifs is 1. The largest absolute Gasteiger partial charge is 0.467 e. The van der Waals surface area contributed by atoms with Crippen LogP contribution in [0.15, 0.2) is 6.20 Å². The van der Waals surface area contributed by atoms with Crippen LogP contribution in [0, 0.1) is 0 Å². The summed E-state index contributed by atoms with van der Waals surface area (Å²) in [5.74, 6) is -0.688. The van der Waals surface area contributed by atoms with E-state index in [-0.39, 0.29) is 18.5 Å². The van der Waals surface area contributed by atoms with Crippen molar-refractivity contribution in [3.63, 3.8) is 0 Å². The molecule has 1 fully saturated rings. The van der Waals surface area contributed by atoms with Gasteiger partial charge in [0.05, 0.1) is 25.0 Å². The van der Waals surface area contributed by atoms with Crippen LogP contribution in [0.25, 0.3) is 0 Å². The fraction of sp³-hybridized carbons (Fsp3) is 0.727. The number of hydrogen-bond donors (Lipinski definition) is 2. The Morgan fingerprint density at radius 2 is 1.90 bits per heavy atom. The van der Waals surface area contributed by atoms with E-state index >= 15 is 0 Å². The standard InChI is InChI=1S/C22H34N4O5/c1-21(2,3)31-20(29)24-16-10-8-9-15-13-23-26(18(15)16)14-17(27)25-22(19(28)30-4)11-6-5-7-12-22/h13,16H,5-12,14H2,1-4H3,(H,24,29)(H,25,27)/t16-/m0/s1. The summed E-state index contributed by atoms with van der Waals surface area (Å²) in [7, 11) is 1.35. The highest BCUT2D eigenvalue weighted by atomic mass is 16.6. The van der Waals surface area contributed by atoms with Gasteiger partial charge in [0.25, 0.3) is 0 Å². The predicted molar refractivity (Wildman–Crippen MR) is 113 cm³/mol. The molecule has 172 valence electrons. The molecule has 2 amide bonds. The first-order valence-electron chi connectivity index (χ1n) is 11.1. The number of aromatic nitrogens is 2. The molecule has 0 aliphatic heterocycles. The number of nitrogens with one attached hydrogen (secondary N) is 2. The van der Waals surface area contributed by atoms with E-state index in [0.29, 0.717) is 12.8 Å². The van der Waals surface area contributed by atoms with Crippen molar-refractivity contribution < 1.29 is 23.9 Å². The molecular formula is C22H34N4O5. The Morgan fingerprint density at radius 1 is 1.19 bits per heavy atom. The highest BCUT2D eigenvalue weighted by Crippen LogP contribution is 2.31. The van der Waals surface area contributed by atoms with Crippen molar-refractivity contribution in [2.75, 3.05) is 7.11 Å². The van der Waals surface area contributed by atoms with Crippen molar-refractivity contribution in [3.8, 4) is 0 Å². The molecule has 2 aliphatic carbocycles. The summed E-state index contributed by atoms with van der Waals surface area (Å²) in [5, 5.41) is 10.2. The summed E-state index contributed by atoms with van der Waals surface area (Å²) in [4.78, 5) is 37.7. The molecule has 2 N–H and O–H groups in total. The average Bonchev–Trinajstić information content (AvgIpc) is 3.10. The number of esters is 1. The van der Waals surface area contributed by atoms with Crippen LogP contribution in [0.3, 0.4) is 0 Å². The summed E-state index contributed by atoms with van der Waals surface area (Å²) < 4.78 is 12.0. The third-order valence-electron chi connectivity index (χ3n) is 5.88. The molecule has 0 unspecified atom stereocenters. The second-order valence-corrected chi connectivity index (χ2v) is 9.49. The molecule has 2 aliphatic rings. The Kier molecular flexibility index (Phi) is 6.91. The Balaban J connectivity index is 1.73. The van der Waals surface area contributed by atoms with Crippen LogP contribution >= 0.6 is 0 Å². The number of methoxy groups -OCH3 is 1. The molecule has 1 heterocycles. The Morgan fingerprint density at radius 3 is 2.55 bits per heavy atom. The maximum atomic E-state index is 12.9. The van der Waals surface area contributed by atoms with Gasteiger partial charge in [0, 0.05) is 0 Å². The van der Waals surface area contributed by atoms with Gasteiger partial charge in [-0.05, 0) is 58.4 Å². The number of aryl methyl sites for hydroxylation is 1. The minimum absolute atomic E-state index is 0.0272. The molecular weight excluding hydrogens is 400 g/mol. The highest BCUT2D eigenvalue weighted by Gasteiger charge is 2.42. The van der Waals surface area contributed by atoms with E-state index in [1.807, 2.05) is 20.8 Å². The number of alkyl carbamates (subject to hydrolysis) is 1. The zero-order chi connectivity index (χ0) is 22.6. The van der Waals surface area contributed by atoms with Gasteiger partial charge >= 0.3 is 12.1 Å². The molecule has 1 saturated carbocycles. The van der Waals surface area contributed by atoms with Gasteiger partial charge in [0.1, 0.15) is 17.7 Å². The van der Waals surface area contributed by atoms with E-state index in [1.165, 1.54) is 7.11 Å². The van der Waals surface area contributed by atoms with E-state index in [4.69, 9.17) is 9.47 Å². The second-order valence-electron chi connectivity index (χ2n) is 9.49. The summed E-state index contributed by atoms with van der Waals surface area (Å²) in [6, 6.07) is -0.279. The van der Waals surface area contributed by atoms with Crippen molar-refractivity contribution >= 4 is 18.0 Å². The number of ether oxygens (including phenoxy) is 2. The first kappa shape index (κ1) is 23.1. The molecule has 3 rings (SSSR count). The number of amides is 2. The predicted octanol–water partition coefficient (Wildman–Crippen LogP) is 2.78. The Labute approximate surface area is 183 Å². The van der Waals surface area contributed by atoms with Crippen LogP contribution < -0.4 is 10.6 Å². The minimum atomic E-state index is -0.967. The molecule has 31 heavy (non-hydrogen) atoms. The molecule has 9 nitrogen and oxygen atoms in total. The van der Waals surface area contributed by atoms with Gasteiger partial charge < -0.3 is 20.1 Å². The van der Waals surface area contributed by atoms with E-state index in [2.05, 4.69) is 15.7 Å². The molecule has 0 spiro atoms. The smallest absolute Gasteiger partial charge is 0.408 e. The molecule has 1 aromatic heterocycles. The summed E-state index contributed by atoms with van der Waals surface area (Å²) in [6.45, 7) is 5.42. The number of hydrogen-bond acceptors (Lipinski definition) is 6. The quantitative estimate of drug-likeness (QED) is 0.690. The van der Waals surface area contributed by atoms with E-state index in [1.54, 1.807) is 10.9 Å². The van der Waals surface area contributed by atoms with Crippen LogP contribution in [-0.4, -0.2) is 46.0 Å². The molecule has 9 heteroatoms. The number of carbonyl (C=O) groups excluding carboxylic acids is 3. The van der Waals surface area contributed by atoms with Gasteiger partial charge in [-0.15, -0.1) is 0 Å². The lowest BCUT2D eigenvalue weighted by atomic mass is 9.81. The number of nitrogens with zero attached hydrogens (tertiary/aromatic N) is 2. The van der Waals surface area contributed by atoms with Crippen LogP contribution in [0.5, 0.6) is 0 Å². The van der Waals surface area contributed by atoms with Crippen molar-refractivity contribution in [2.45, 2.75) is 95.9 Å². The van der Waals surface area contributed by atoms with Gasteiger partial charge in [-0.25, -0.2) is 9.59 Å². The van der Waals surface area contributed by atoms with Gasteiger partial charge in [-0.2, -0.15) is 5.10 Å². The lowest BCUT2D eigenvalue weighted by Crippen LogP contribution is -2.56. The van der Waals surface area contributed by atoms with Crippen LogP contribution in [0.1, 0.15) is 83.0 Å². The summed E-state index contributed by atoms with van der Waals surface area (Å²) in [6.07, 6.45) is 7.69. The normalized spacial score (nSPS) is 20.3. The molecule has 1 atom stereocenters. The van der Waals surface area contributed by atoms with Crippen molar-refractivity contribution in [3.05, 3.63) is 17.5 Å². The van der Waals surface area contributed by atoms with Gasteiger partial charge in [-0.3, -0.25) is 9.48 Å². The maximum Gasteiger partial charge on any atom is 0.408 e. The third kappa shape index (κ3) is 5.57. The van der Waals surface area contributed by atoms with Crippen molar-refractivity contribution in [1.29, 1.82) is 0 Å². The molecule has 0 radical (unpaired) electrons. The number of carbonyl (C=O) groups is 3. The third-order valence-corrected chi connectivity index (χ3v) is 5.88. The molecule has 0 bridgehead atoms. The van der Waals surface area contributed by atoms with E-state index in [9.17, 15) is 14.4 Å². The summed E-state index contributed by atoms with van der Waals surface area (Å²) >= 11 is 0. The first-order valence-corrected chi connectivity index (χ1v) is 11.1. The molecule has 0 saturated heterocycles. The Bertz CT molecular complexity index is 820. The first-order chi connectivity index (χ1) is 14.6. The molecule has 0 aromatic carbocycles. The SMILES string of the molecule is COC(=O)C1(NC(=O)Cn2ncc3c2[C@@H](NC(=O)OC(C)(C)C)CCC3)CCCCC1. The second kappa shape index (κ2) is 9.28. The topological polar surface area (TPSA) is 112 Å². The minimum Gasteiger partial charge on any atom is -0.467 e. The van der Waals surface area contributed by atoms with Crippen molar-refractivity contribution in [1.82, 2.24) is 20.4 Å². The van der Waals surface area contributed by atoms with Crippen LogP contribution in [-0.2, 0) is 32.0 Å². The van der Waals surface area contributed by atoms with Crippen molar-refractivity contribution in [2.24, 2.45) is 0 Å². The van der Waals surface area contributed by atoms with Gasteiger partial charge in [0.15, 0.2) is 0 Å². The molecule has 1 aromatic rings. The van der Waals surface area contributed by atoms with Crippen LogP contribution in [0.4, 0.5) is 4.79 Å². The average molecular weight is 435 g/mol. The zero-order valence-corrected chi connectivity index (χ0v) is 19.0. The fourth-order valence-corrected chi connectivity index (χ4v) is 4.55. The lowest BCUT2D eigenvalue weighted by molar-refractivity contribution is -0.152. The van der Waals surface area contributed by atoms with Crippen LogP contribution in [0.2, 0.25) is 0 Å².